The van der Waals surface area contributed by atoms with Gasteiger partial charge in [-0.3, -0.25) is 9.69 Å². The van der Waals surface area contributed by atoms with Gasteiger partial charge < -0.3 is 14.8 Å². The highest BCUT2D eigenvalue weighted by Gasteiger charge is 2.40. The van der Waals surface area contributed by atoms with Crippen molar-refractivity contribution in [3.8, 4) is 0 Å². The van der Waals surface area contributed by atoms with Gasteiger partial charge >= 0.3 is 0 Å². The minimum Gasteiger partial charge on any atom is -0.365 e. The SMILES string of the molecule is CN(c1cccc2cc[nH]c12)C(CC(=O)N1CCC(c2cccs2)(N(C)C)CC1)c1ccccc1. The third-order valence-electron chi connectivity index (χ3n) is 7.74. The highest BCUT2D eigenvalue weighted by atomic mass is 32.1. The number of amides is 1. The molecule has 0 saturated carbocycles. The molecule has 1 N–H and O–H groups in total. The van der Waals surface area contributed by atoms with E-state index in [0.717, 1.165) is 42.7 Å². The van der Waals surface area contributed by atoms with E-state index in [1.807, 2.05) is 23.6 Å². The summed E-state index contributed by atoms with van der Waals surface area (Å²) in [6, 6.07) is 23.2. The lowest BCUT2D eigenvalue weighted by atomic mass is 9.84. The number of para-hydroxylation sites is 1. The van der Waals surface area contributed by atoms with E-state index in [1.165, 1.54) is 10.3 Å². The number of nitrogens with zero attached hydrogens (tertiary/aromatic N) is 3. The number of anilines is 1. The van der Waals surface area contributed by atoms with Crippen LogP contribution in [0.5, 0.6) is 0 Å². The predicted octanol–water partition coefficient (Wildman–Crippen LogP) is 5.88. The van der Waals surface area contributed by atoms with Gasteiger partial charge in [0.25, 0.3) is 0 Å². The number of rotatable bonds is 7. The van der Waals surface area contributed by atoms with Gasteiger partial charge in [0.15, 0.2) is 0 Å². The highest BCUT2D eigenvalue weighted by molar-refractivity contribution is 7.10. The Morgan fingerprint density at radius 1 is 1.00 bits per heavy atom. The molecule has 4 aromatic rings. The molecule has 2 aromatic carbocycles. The molecule has 1 saturated heterocycles. The third kappa shape index (κ3) is 4.48. The first-order valence-corrected chi connectivity index (χ1v) is 13.2. The second-order valence-corrected chi connectivity index (χ2v) is 10.7. The highest BCUT2D eigenvalue weighted by Crippen LogP contribution is 2.40. The molecular formula is C29H34N4OS. The van der Waals surface area contributed by atoms with Crippen molar-refractivity contribution >= 4 is 33.8 Å². The maximum absolute atomic E-state index is 13.7. The number of nitrogens with one attached hydrogen (secondary N) is 1. The van der Waals surface area contributed by atoms with Crippen molar-refractivity contribution < 1.29 is 4.79 Å². The Hall–Kier alpha value is -3.09. The predicted molar refractivity (Wildman–Crippen MR) is 146 cm³/mol. The van der Waals surface area contributed by atoms with Crippen LogP contribution in [-0.2, 0) is 10.3 Å². The van der Waals surface area contributed by atoms with Crippen molar-refractivity contribution in [3.05, 3.63) is 88.7 Å². The molecule has 1 unspecified atom stereocenters. The molecule has 5 nitrogen and oxygen atoms in total. The van der Waals surface area contributed by atoms with Gasteiger partial charge in [-0.2, -0.15) is 0 Å². The van der Waals surface area contributed by atoms with Crippen molar-refractivity contribution in [1.29, 1.82) is 0 Å². The molecule has 0 radical (unpaired) electrons. The van der Waals surface area contributed by atoms with Crippen molar-refractivity contribution in [3.63, 3.8) is 0 Å². The minimum absolute atomic E-state index is 0.0177. The summed E-state index contributed by atoms with van der Waals surface area (Å²) in [4.78, 5) is 25.1. The van der Waals surface area contributed by atoms with Gasteiger partial charge in [-0.25, -0.2) is 0 Å². The van der Waals surface area contributed by atoms with Crippen LogP contribution in [0.4, 0.5) is 5.69 Å². The lowest BCUT2D eigenvalue weighted by Crippen LogP contribution is -2.51. The van der Waals surface area contributed by atoms with Crippen LogP contribution < -0.4 is 4.90 Å². The zero-order chi connectivity index (χ0) is 24.4. The topological polar surface area (TPSA) is 42.6 Å². The minimum atomic E-state index is -0.0459. The maximum Gasteiger partial charge on any atom is 0.224 e. The van der Waals surface area contributed by atoms with Crippen LogP contribution >= 0.6 is 11.3 Å². The molecule has 2 aromatic heterocycles. The molecular weight excluding hydrogens is 452 g/mol. The van der Waals surface area contributed by atoms with Crippen molar-refractivity contribution in [2.24, 2.45) is 0 Å². The number of piperidine rings is 1. The van der Waals surface area contributed by atoms with E-state index in [9.17, 15) is 4.79 Å². The molecule has 0 bridgehead atoms. The summed E-state index contributed by atoms with van der Waals surface area (Å²) >= 11 is 1.82. The van der Waals surface area contributed by atoms with E-state index in [0.29, 0.717) is 6.42 Å². The van der Waals surface area contributed by atoms with Crippen molar-refractivity contribution in [2.45, 2.75) is 30.8 Å². The summed E-state index contributed by atoms with van der Waals surface area (Å²) in [5, 5.41) is 3.33. The van der Waals surface area contributed by atoms with Gasteiger partial charge in [0.2, 0.25) is 5.91 Å². The average Bonchev–Trinajstić information content (AvgIpc) is 3.60. The molecule has 1 atom stereocenters. The molecule has 1 aliphatic rings. The number of carbonyl (C=O) groups excluding carboxylic acids is 1. The summed E-state index contributed by atoms with van der Waals surface area (Å²) in [5.74, 6) is 0.225. The van der Waals surface area contributed by atoms with E-state index >= 15 is 0 Å². The molecule has 6 heteroatoms. The molecule has 1 aliphatic heterocycles. The van der Waals surface area contributed by atoms with Crippen LogP contribution in [0.15, 0.2) is 78.3 Å². The number of aromatic nitrogens is 1. The molecule has 0 spiro atoms. The number of aromatic amines is 1. The van der Waals surface area contributed by atoms with Crippen LogP contribution in [0, 0.1) is 0 Å². The zero-order valence-corrected chi connectivity index (χ0v) is 21.6. The van der Waals surface area contributed by atoms with E-state index < -0.39 is 0 Å². The monoisotopic (exact) mass is 486 g/mol. The van der Waals surface area contributed by atoms with Gasteiger partial charge in [0.05, 0.1) is 29.2 Å². The van der Waals surface area contributed by atoms with Crippen LogP contribution in [0.2, 0.25) is 0 Å². The van der Waals surface area contributed by atoms with E-state index in [1.54, 1.807) is 0 Å². The van der Waals surface area contributed by atoms with Gasteiger partial charge in [-0.05, 0) is 56.1 Å². The molecule has 1 fully saturated rings. The number of hydrogen-bond donors (Lipinski definition) is 1. The first-order valence-electron chi connectivity index (χ1n) is 12.3. The molecule has 182 valence electrons. The van der Waals surface area contributed by atoms with Crippen LogP contribution in [0.25, 0.3) is 10.9 Å². The maximum atomic E-state index is 13.7. The fourth-order valence-electron chi connectivity index (χ4n) is 5.56. The number of thiophene rings is 1. The van der Waals surface area contributed by atoms with Gasteiger partial charge in [0.1, 0.15) is 0 Å². The normalized spacial score (nSPS) is 16.5. The molecule has 3 heterocycles. The van der Waals surface area contributed by atoms with Crippen LogP contribution in [-0.4, -0.2) is 54.9 Å². The summed E-state index contributed by atoms with van der Waals surface area (Å²) < 4.78 is 0. The summed E-state index contributed by atoms with van der Waals surface area (Å²) in [5.41, 5.74) is 3.39. The number of carbonyl (C=O) groups is 1. The first kappa shape index (κ1) is 23.6. The standard InChI is InChI=1S/C29H34N4OS/c1-31(2)29(26-13-8-20-35-26)15-18-33(19-16-29)27(34)21-25(22-9-5-4-6-10-22)32(3)24-12-7-11-23-14-17-30-28(23)24/h4-14,17,20,25,30H,15-16,18-19,21H2,1-3H3. The van der Waals surface area contributed by atoms with E-state index in [2.05, 4.69) is 107 Å². The lowest BCUT2D eigenvalue weighted by molar-refractivity contribution is -0.134. The summed E-state index contributed by atoms with van der Waals surface area (Å²) in [6.45, 7) is 1.57. The lowest BCUT2D eigenvalue weighted by Gasteiger charge is -2.46. The number of H-pyrrole nitrogens is 1. The third-order valence-corrected chi connectivity index (χ3v) is 8.81. The smallest absolute Gasteiger partial charge is 0.224 e. The fraction of sp³-hybridized carbons (Fsp3) is 0.345. The fourth-order valence-corrected chi connectivity index (χ4v) is 6.63. The molecule has 1 amide bonds. The number of hydrogen-bond acceptors (Lipinski definition) is 4. The second kappa shape index (κ2) is 9.88. The van der Waals surface area contributed by atoms with Crippen LogP contribution in [0.3, 0.4) is 0 Å². The zero-order valence-electron chi connectivity index (χ0n) is 20.8. The molecule has 35 heavy (non-hydrogen) atoms. The number of benzene rings is 2. The average molecular weight is 487 g/mol. The first-order chi connectivity index (χ1) is 17.0. The molecule has 0 aliphatic carbocycles. The largest absolute Gasteiger partial charge is 0.365 e. The Kier molecular flexibility index (Phi) is 6.67. The molecule has 5 rings (SSSR count). The Morgan fingerprint density at radius 3 is 2.46 bits per heavy atom. The van der Waals surface area contributed by atoms with Gasteiger partial charge in [0, 0.05) is 36.6 Å². The second-order valence-electron chi connectivity index (χ2n) is 9.74. The van der Waals surface area contributed by atoms with Crippen molar-refractivity contribution in [2.75, 3.05) is 39.1 Å². The Labute approximate surface area is 212 Å². The van der Waals surface area contributed by atoms with E-state index in [4.69, 9.17) is 0 Å². The van der Waals surface area contributed by atoms with Gasteiger partial charge in [-0.1, -0.05) is 48.5 Å². The summed E-state index contributed by atoms with van der Waals surface area (Å²) in [7, 11) is 6.43. The van der Waals surface area contributed by atoms with Crippen LogP contribution in [0.1, 0.15) is 35.7 Å². The van der Waals surface area contributed by atoms with Crippen molar-refractivity contribution in [1.82, 2.24) is 14.8 Å². The number of likely N-dealkylation sites (tertiary alicyclic amines) is 1. The quantitative estimate of drug-likeness (QED) is 0.355. The number of fused-ring (bicyclic) bond motifs is 1. The summed E-state index contributed by atoms with van der Waals surface area (Å²) in [6.07, 6.45) is 4.34. The Bertz CT molecular complexity index is 1260. The van der Waals surface area contributed by atoms with E-state index in [-0.39, 0.29) is 17.5 Å². The Morgan fingerprint density at radius 2 is 1.77 bits per heavy atom. The van der Waals surface area contributed by atoms with Gasteiger partial charge in [-0.15, -0.1) is 11.3 Å². The Balaban J connectivity index is 1.37.